The molecule has 1 heterocycles. The number of nitrogens with one attached hydrogen (secondary N) is 1. The number of carbonyl (C=O) groups is 1. The molecule has 168 valence electrons. The second kappa shape index (κ2) is 9.46. The number of nitrogens with zero attached hydrogens (tertiary/aromatic N) is 3. The Morgan fingerprint density at radius 2 is 1.73 bits per heavy atom. The molecule has 4 rings (SSSR count). The van der Waals surface area contributed by atoms with Crippen molar-refractivity contribution in [3.05, 3.63) is 93.4 Å². The van der Waals surface area contributed by atoms with Gasteiger partial charge in [0.25, 0.3) is 5.56 Å². The molecule has 0 bridgehead atoms. The van der Waals surface area contributed by atoms with Crippen molar-refractivity contribution in [2.24, 2.45) is 0 Å². The first-order valence-electron chi connectivity index (χ1n) is 10.3. The van der Waals surface area contributed by atoms with Crippen molar-refractivity contribution in [2.75, 3.05) is 19.5 Å². The summed E-state index contributed by atoms with van der Waals surface area (Å²) in [6, 6.07) is 20.9. The Labute approximate surface area is 199 Å². The maximum absolute atomic E-state index is 13.5. The molecular formula is C25H23BrN4O3. The van der Waals surface area contributed by atoms with Gasteiger partial charge >= 0.3 is 6.03 Å². The Morgan fingerprint density at radius 1 is 1.06 bits per heavy atom. The van der Waals surface area contributed by atoms with E-state index in [1.807, 2.05) is 43.3 Å². The van der Waals surface area contributed by atoms with Crippen molar-refractivity contribution in [1.82, 2.24) is 14.5 Å². The Bertz CT molecular complexity index is 1350. The maximum atomic E-state index is 13.5. The van der Waals surface area contributed by atoms with E-state index in [4.69, 9.17) is 9.72 Å². The maximum Gasteiger partial charge on any atom is 0.322 e. The van der Waals surface area contributed by atoms with E-state index in [1.54, 1.807) is 55.1 Å². The largest absolute Gasteiger partial charge is 0.497 e. The molecule has 0 aliphatic heterocycles. The van der Waals surface area contributed by atoms with E-state index in [0.29, 0.717) is 33.9 Å². The van der Waals surface area contributed by atoms with E-state index >= 15 is 0 Å². The lowest BCUT2D eigenvalue weighted by molar-refractivity contribution is 0.205. The zero-order valence-corrected chi connectivity index (χ0v) is 20.0. The number of fused-ring (bicyclic) bond motifs is 1. The molecule has 1 unspecified atom stereocenters. The molecule has 8 heteroatoms. The van der Waals surface area contributed by atoms with Crippen LogP contribution in [0.4, 0.5) is 10.5 Å². The summed E-state index contributed by atoms with van der Waals surface area (Å²) in [6.07, 6.45) is 0. The number of para-hydroxylation sites is 1. The molecule has 33 heavy (non-hydrogen) atoms. The van der Waals surface area contributed by atoms with Gasteiger partial charge in [-0.05, 0) is 67.6 Å². The number of urea groups is 1. The quantitative estimate of drug-likeness (QED) is 0.394. The molecule has 4 aromatic rings. The van der Waals surface area contributed by atoms with Gasteiger partial charge in [0, 0.05) is 17.2 Å². The highest BCUT2D eigenvalue weighted by Crippen LogP contribution is 2.24. The smallest absolute Gasteiger partial charge is 0.322 e. The summed E-state index contributed by atoms with van der Waals surface area (Å²) >= 11 is 3.39. The van der Waals surface area contributed by atoms with Crippen LogP contribution in [0.2, 0.25) is 0 Å². The minimum absolute atomic E-state index is 0.200. The minimum atomic E-state index is -0.500. The number of benzene rings is 3. The molecule has 1 atom stereocenters. The first kappa shape index (κ1) is 22.5. The van der Waals surface area contributed by atoms with Gasteiger partial charge in [-0.25, -0.2) is 9.78 Å². The fourth-order valence-electron chi connectivity index (χ4n) is 3.50. The second-order valence-corrected chi connectivity index (χ2v) is 8.47. The molecule has 0 saturated heterocycles. The van der Waals surface area contributed by atoms with Crippen LogP contribution in [-0.4, -0.2) is 34.6 Å². The van der Waals surface area contributed by atoms with Gasteiger partial charge in [-0.3, -0.25) is 9.36 Å². The number of amides is 2. The van der Waals surface area contributed by atoms with Gasteiger partial charge in [0.05, 0.1) is 29.7 Å². The molecule has 0 saturated carbocycles. The van der Waals surface area contributed by atoms with Crippen LogP contribution in [0.5, 0.6) is 5.75 Å². The summed E-state index contributed by atoms with van der Waals surface area (Å²) in [6.45, 7) is 1.84. The lowest BCUT2D eigenvalue weighted by Crippen LogP contribution is -2.37. The Morgan fingerprint density at radius 3 is 2.39 bits per heavy atom. The molecule has 1 aromatic heterocycles. The molecule has 0 aliphatic carbocycles. The summed E-state index contributed by atoms with van der Waals surface area (Å²) in [7, 11) is 3.27. The van der Waals surface area contributed by atoms with E-state index in [9.17, 15) is 9.59 Å². The third-order valence-electron chi connectivity index (χ3n) is 5.50. The van der Waals surface area contributed by atoms with Crippen molar-refractivity contribution < 1.29 is 9.53 Å². The predicted molar refractivity (Wildman–Crippen MR) is 133 cm³/mol. The molecule has 7 nitrogen and oxygen atoms in total. The van der Waals surface area contributed by atoms with Gasteiger partial charge in [0.15, 0.2) is 0 Å². The molecule has 1 N–H and O–H groups in total. The summed E-state index contributed by atoms with van der Waals surface area (Å²) in [5.41, 5.74) is 1.69. The summed E-state index contributed by atoms with van der Waals surface area (Å²) in [5.74, 6) is 1.14. The van der Waals surface area contributed by atoms with Gasteiger partial charge in [-0.1, -0.05) is 28.1 Å². The number of halogens is 1. The summed E-state index contributed by atoms with van der Waals surface area (Å²) < 4.78 is 7.72. The fourth-order valence-corrected chi connectivity index (χ4v) is 3.77. The number of carbonyl (C=O) groups excluding carboxylic acids is 1. The molecule has 0 radical (unpaired) electrons. The molecule has 0 spiro atoms. The van der Waals surface area contributed by atoms with Crippen LogP contribution in [0.25, 0.3) is 16.6 Å². The number of ether oxygens (including phenoxy) is 1. The van der Waals surface area contributed by atoms with Gasteiger partial charge in [0.2, 0.25) is 0 Å². The van der Waals surface area contributed by atoms with Gasteiger partial charge in [0.1, 0.15) is 11.6 Å². The van der Waals surface area contributed by atoms with Crippen LogP contribution in [0, 0.1) is 0 Å². The van der Waals surface area contributed by atoms with Gasteiger partial charge in [-0.2, -0.15) is 0 Å². The van der Waals surface area contributed by atoms with Crippen LogP contribution >= 0.6 is 15.9 Å². The van der Waals surface area contributed by atoms with Crippen molar-refractivity contribution in [1.29, 1.82) is 0 Å². The number of hydrogen-bond donors (Lipinski definition) is 1. The summed E-state index contributed by atoms with van der Waals surface area (Å²) in [5, 5.41) is 3.39. The third kappa shape index (κ3) is 4.61. The lowest BCUT2D eigenvalue weighted by atomic mass is 10.2. The average Bonchev–Trinajstić information content (AvgIpc) is 2.84. The number of anilines is 1. The molecular weight excluding hydrogens is 484 g/mol. The number of rotatable bonds is 5. The topological polar surface area (TPSA) is 76.5 Å². The normalized spacial score (nSPS) is 11.8. The monoisotopic (exact) mass is 506 g/mol. The Balaban J connectivity index is 1.76. The first-order valence-corrected chi connectivity index (χ1v) is 11.1. The van der Waals surface area contributed by atoms with E-state index in [0.717, 1.165) is 4.47 Å². The highest BCUT2D eigenvalue weighted by Gasteiger charge is 2.24. The van der Waals surface area contributed by atoms with Crippen molar-refractivity contribution in [3.63, 3.8) is 0 Å². The fraction of sp³-hybridized carbons (Fsp3) is 0.160. The van der Waals surface area contributed by atoms with E-state index < -0.39 is 6.04 Å². The SMILES string of the molecule is COc1ccc(-n2c(C(C)N(C)C(=O)Nc3ccc(Br)cc3)nc3ccccc3c2=O)cc1. The number of hydrogen-bond acceptors (Lipinski definition) is 4. The van der Waals surface area contributed by atoms with Gasteiger partial charge in [-0.15, -0.1) is 0 Å². The predicted octanol–water partition coefficient (Wildman–Crippen LogP) is 5.38. The van der Waals surface area contributed by atoms with Crippen molar-refractivity contribution >= 4 is 38.6 Å². The van der Waals surface area contributed by atoms with Crippen LogP contribution in [0.15, 0.2) is 82.1 Å². The molecule has 2 amide bonds. The van der Waals surface area contributed by atoms with Gasteiger partial charge < -0.3 is 15.0 Å². The van der Waals surface area contributed by atoms with Crippen LogP contribution in [-0.2, 0) is 0 Å². The average molecular weight is 507 g/mol. The van der Waals surface area contributed by atoms with Crippen LogP contribution < -0.4 is 15.6 Å². The van der Waals surface area contributed by atoms with E-state index in [2.05, 4.69) is 21.2 Å². The molecule has 0 aliphatic rings. The zero-order chi connectivity index (χ0) is 23.5. The first-order chi connectivity index (χ1) is 15.9. The standard InChI is InChI=1S/C25H23BrN4O3/c1-16(29(2)25(32)27-18-10-8-17(26)9-11-18)23-28-22-7-5-4-6-21(22)24(31)30(23)19-12-14-20(33-3)15-13-19/h4-16H,1-3H3,(H,27,32). The lowest BCUT2D eigenvalue weighted by Gasteiger charge is -2.27. The molecule has 3 aromatic carbocycles. The third-order valence-corrected chi connectivity index (χ3v) is 6.03. The highest BCUT2D eigenvalue weighted by atomic mass is 79.9. The Kier molecular flexibility index (Phi) is 6.46. The van der Waals surface area contributed by atoms with Crippen molar-refractivity contribution in [3.8, 4) is 11.4 Å². The zero-order valence-electron chi connectivity index (χ0n) is 18.4. The molecule has 0 fully saturated rings. The van der Waals surface area contributed by atoms with Crippen LogP contribution in [0.3, 0.4) is 0 Å². The second-order valence-electron chi connectivity index (χ2n) is 7.55. The highest BCUT2D eigenvalue weighted by molar-refractivity contribution is 9.10. The minimum Gasteiger partial charge on any atom is -0.497 e. The number of aromatic nitrogens is 2. The number of methoxy groups -OCH3 is 1. The van der Waals surface area contributed by atoms with Crippen molar-refractivity contribution in [2.45, 2.75) is 13.0 Å². The van der Waals surface area contributed by atoms with E-state index in [1.165, 1.54) is 4.90 Å². The van der Waals surface area contributed by atoms with Crippen LogP contribution in [0.1, 0.15) is 18.8 Å². The summed E-state index contributed by atoms with van der Waals surface area (Å²) in [4.78, 5) is 32.8. The Hall–Kier alpha value is -3.65. The van der Waals surface area contributed by atoms with E-state index in [-0.39, 0.29) is 11.6 Å².